The van der Waals surface area contributed by atoms with Crippen LogP contribution in [0.2, 0.25) is 0 Å². The number of benzene rings is 2. The maximum absolute atomic E-state index is 12.4. The molecule has 0 fully saturated rings. The number of aryl methyl sites for hydroxylation is 1. The lowest BCUT2D eigenvalue weighted by Crippen LogP contribution is -2.17. The molecular formula is C20H15N3O2S. The molecule has 4 aromatic rings. The Kier molecular flexibility index (Phi) is 4.33. The zero-order chi connectivity index (χ0) is 17.9. The highest BCUT2D eigenvalue weighted by Gasteiger charge is 2.15. The Hall–Kier alpha value is -3.25. The summed E-state index contributed by atoms with van der Waals surface area (Å²) < 4.78 is 5.63. The molecule has 0 aliphatic rings. The van der Waals surface area contributed by atoms with Gasteiger partial charge in [0.25, 0.3) is 5.91 Å². The molecule has 4 rings (SSSR count). The van der Waals surface area contributed by atoms with Gasteiger partial charge in [-0.05, 0) is 19.1 Å². The first-order valence-corrected chi connectivity index (χ1v) is 8.87. The summed E-state index contributed by atoms with van der Waals surface area (Å²) in [5, 5.41) is 5.80. The highest BCUT2D eigenvalue weighted by Crippen LogP contribution is 2.27. The molecule has 0 spiro atoms. The van der Waals surface area contributed by atoms with Gasteiger partial charge < -0.3 is 4.42 Å². The van der Waals surface area contributed by atoms with Gasteiger partial charge in [0.05, 0.1) is 11.9 Å². The number of nitrogens with zero attached hydrogens (tertiary/aromatic N) is 2. The van der Waals surface area contributed by atoms with Crippen LogP contribution in [0, 0.1) is 6.92 Å². The van der Waals surface area contributed by atoms with Crippen molar-refractivity contribution in [2.45, 2.75) is 6.92 Å². The number of carbonyl (C=O) groups is 1. The van der Waals surface area contributed by atoms with Crippen LogP contribution in [0.15, 0.2) is 70.2 Å². The van der Waals surface area contributed by atoms with Crippen LogP contribution in [0.3, 0.4) is 0 Å². The average molecular weight is 361 g/mol. The molecule has 0 aliphatic heterocycles. The summed E-state index contributed by atoms with van der Waals surface area (Å²) in [6.45, 7) is 1.82. The van der Waals surface area contributed by atoms with Gasteiger partial charge in [0.2, 0.25) is 0 Å². The zero-order valence-corrected chi connectivity index (χ0v) is 14.8. The number of hydrogen-bond acceptors (Lipinski definition) is 5. The normalized spacial score (nSPS) is 11.3. The standard InChI is InChI=1S/C20H15N3O2S/c1-13-18(26-20(22-13)14-7-3-2-4-8-14)19(24)23-21-12-16-11-15-9-5-6-10-17(15)25-16/h2-12H,1H3,(H,23,24)/b21-12+. The molecule has 6 heteroatoms. The van der Waals surface area contributed by atoms with E-state index < -0.39 is 0 Å². The Labute approximate surface area is 154 Å². The fourth-order valence-corrected chi connectivity index (χ4v) is 3.54. The molecule has 0 saturated heterocycles. The molecule has 0 atom stereocenters. The minimum atomic E-state index is -0.283. The van der Waals surface area contributed by atoms with Crippen LogP contribution in [0.5, 0.6) is 0 Å². The Morgan fingerprint density at radius 1 is 1.15 bits per heavy atom. The molecule has 0 unspecified atom stereocenters. The van der Waals surface area contributed by atoms with E-state index in [1.165, 1.54) is 17.6 Å². The molecule has 0 saturated carbocycles. The highest BCUT2D eigenvalue weighted by atomic mass is 32.1. The van der Waals surface area contributed by atoms with Gasteiger partial charge in [0.1, 0.15) is 21.2 Å². The van der Waals surface area contributed by atoms with Crippen molar-refractivity contribution < 1.29 is 9.21 Å². The molecule has 0 aliphatic carbocycles. The number of fused-ring (bicyclic) bond motifs is 1. The lowest BCUT2D eigenvalue weighted by Gasteiger charge is -1.96. The SMILES string of the molecule is Cc1nc(-c2ccccc2)sc1C(=O)N/N=C/c1cc2ccccc2o1. The first kappa shape index (κ1) is 16.2. The third-order valence-corrected chi connectivity index (χ3v) is 5.03. The summed E-state index contributed by atoms with van der Waals surface area (Å²) in [4.78, 5) is 17.4. The first-order chi connectivity index (χ1) is 12.7. The lowest BCUT2D eigenvalue weighted by atomic mass is 10.2. The lowest BCUT2D eigenvalue weighted by molar-refractivity contribution is 0.0958. The fourth-order valence-electron chi connectivity index (χ4n) is 2.58. The van der Waals surface area contributed by atoms with Crippen molar-refractivity contribution >= 4 is 34.4 Å². The molecule has 0 bridgehead atoms. The second-order valence-corrected chi connectivity index (χ2v) is 6.68. The van der Waals surface area contributed by atoms with Crippen LogP contribution in [0.25, 0.3) is 21.5 Å². The minimum absolute atomic E-state index is 0.283. The number of rotatable bonds is 4. The first-order valence-electron chi connectivity index (χ1n) is 8.05. The molecule has 1 amide bonds. The molecule has 2 heterocycles. The molecule has 1 N–H and O–H groups in total. The average Bonchev–Trinajstić information content (AvgIpc) is 3.25. The molecule has 26 heavy (non-hydrogen) atoms. The van der Waals surface area contributed by atoms with Crippen LogP contribution < -0.4 is 5.43 Å². The van der Waals surface area contributed by atoms with E-state index in [1.807, 2.05) is 67.6 Å². The Morgan fingerprint density at radius 3 is 2.73 bits per heavy atom. The number of hydrogen-bond donors (Lipinski definition) is 1. The van der Waals surface area contributed by atoms with Crippen molar-refractivity contribution in [1.82, 2.24) is 10.4 Å². The smallest absolute Gasteiger partial charge is 0.283 e. The van der Waals surface area contributed by atoms with Crippen LogP contribution in [-0.4, -0.2) is 17.1 Å². The van der Waals surface area contributed by atoms with E-state index >= 15 is 0 Å². The number of hydrazone groups is 1. The van der Waals surface area contributed by atoms with Crippen molar-refractivity contribution in [1.29, 1.82) is 0 Å². The minimum Gasteiger partial charge on any atom is -0.455 e. The van der Waals surface area contributed by atoms with Gasteiger partial charge in [-0.1, -0.05) is 48.5 Å². The molecule has 2 aromatic carbocycles. The summed E-state index contributed by atoms with van der Waals surface area (Å²) in [7, 11) is 0. The summed E-state index contributed by atoms with van der Waals surface area (Å²) in [6, 6.07) is 19.4. The summed E-state index contributed by atoms with van der Waals surface area (Å²) in [5.41, 5.74) is 5.00. The van der Waals surface area contributed by atoms with Crippen molar-refractivity contribution in [3.8, 4) is 10.6 Å². The van der Waals surface area contributed by atoms with Gasteiger partial charge >= 0.3 is 0 Å². The number of nitrogens with one attached hydrogen (secondary N) is 1. The van der Waals surface area contributed by atoms with Gasteiger partial charge in [0.15, 0.2) is 0 Å². The van der Waals surface area contributed by atoms with Gasteiger partial charge in [0, 0.05) is 10.9 Å². The van der Waals surface area contributed by atoms with Crippen LogP contribution in [0.1, 0.15) is 21.1 Å². The van der Waals surface area contributed by atoms with Crippen molar-refractivity contribution in [3.63, 3.8) is 0 Å². The number of para-hydroxylation sites is 1. The number of carbonyl (C=O) groups excluding carboxylic acids is 1. The van der Waals surface area contributed by atoms with Crippen LogP contribution in [-0.2, 0) is 0 Å². The largest absolute Gasteiger partial charge is 0.455 e. The van der Waals surface area contributed by atoms with Gasteiger partial charge in [-0.25, -0.2) is 10.4 Å². The summed E-state index contributed by atoms with van der Waals surface area (Å²) in [6.07, 6.45) is 1.49. The second kappa shape index (κ2) is 6.93. The highest BCUT2D eigenvalue weighted by molar-refractivity contribution is 7.17. The summed E-state index contributed by atoms with van der Waals surface area (Å²) in [5.74, 6) is 0.298. The molecule has 2 aromatic heterocycles. The fraction of sp³-hybridized carbons (Fsp3) is 0.0500. The third kappa shape index (κ3) is 3.27. The Bertz CT molecular complexity index is 1060. The van der Waals surface area contributed by atoms with E-state index in [0.717, 1.165) is 21.5 Å². The quantitative estimate of drug-likeness (QED) is 0.426. The van der Waals surface area contributed by atoms with Gasteiger partial charge in [-0.15, -0.1) is 11.3 Å². The Morgan fingerprint density at radius 2 is 1.92 bits per heavy atom. The predicted octanol–water partition coefficient (Wildman–Crippen LogP) is 4.63. The zero-order valence-electron chi connectivity index (χ0n) is 14.0. The maximum Gasteiger partial charge on any atom is 0.283 e. The number of furan rings is 1. The monoisotopic (exact) mass is 361 g/mol. The molecule has 0 radical (unpaired) electrons. The van der Waals surface area contributed by atoms with Gasteiger partial charge in [-0.3, -0.25) is 4.79 Å². The van der Waals surface area contributed by atoms with E-state index in [2.05, 4.69) is 15.5 Å². The van der Waals surface area contributed by atoms with Crippen LogP contribution >= 0.6 is 11.3 Å². The van der Waals surface area contributed by atoms with Crippen molar-refractivity contribution in [3.05, 3.63) is 77.0 Å². The number of aromatic nitrogens is 1. The van der Waals surface area contributed by atoms with Crippen LogP contribution in [0.4, 0.5) is 0 Å². The third-order valence-electron chi connectivity index (χ3n) is 3.83. The van der Waals surface area contributed by atoms with E-state index in [0.29, 0.717) is 16.3 Å². The maximum atomic E-state index is 12.4. The molecule has 5 nitrogen and oxygen atoms in total. The number of thiazole rings is 1. The van der Waals surface area contributed by atoms with E-state index in [-0.39, 0.29) is 5.91 Å². The van der Waals surface area contributed by atoms with E-state index in [1.54, 1.807) is 0 Å². The van der Waals surface area contributed by atoms with E-state index in [9.17, 15) is 4.79 Å². The second-order valence-electron chi connectivity index (χ2n) is 5.69. The molecule has 128 valence electrons. The van der Waals surface area contributed by atoms with Gasteiger partial charge in [-0.2, -0.15) is 5.10 Å². The molecular weight excluding hydrogens is 346 g/mol. The summed E-state index contributed by atoms with van der Waals surface area (Å²) >= 11 is 1.35. The number of amides is 1. The predicted molar refractivity (Wildman–Crippen MR) is 104 cm³/mol. The van der Waals surface area contributed by atoms with E-state index in [4.69, 9.17) is 4.42 Å². The topological polar surface area (TPSA) is 67.5 Å². The van der Waals surface area contributed by atoms with Crippen molar-refractivity contribution in [2.75, 3.05) is 0 Å². The Balaban J connectivity index is 1.49. The van der Waals surface area contributed by atoms with Crippen molar-refractivity contribution in [2.24, 2.45) is 5.10 Å².